The van der Waals surface area contributed by atoms with Gasteiger partial charge < -0.3 is 48.0 Å². The van der Waals surface area contributed by atoms with Crippen molar-refractivity contribution in [2.75, 3.05) is 80.8 Å². The second-order valence-corrected chi connectivity index (χ2v) is 31.1. The molecule has 5 heterocycles. The van der Waals surface area contributed by atoms with Crippen LogP contribution in [0.3, 0.4) is 0 Å². The number of amides is 4. The van der Waals surface area contributed by atoms with Crippen LogP contribution in [0.4, 0.5) is 0 Å². The summed E-state index contributed by atoms with van der Waals surface area (Å²) in [6.07, 6.45) is -1.39. The summed E-state index contributed by atoms with van der Waals surface area (Å²) in [5.41, 5.74) is 2.41. The zero-order valence-electron chi connectivity index (χ0n) is 58.8. The van der Waals surface area contributed by atoms with E-state index in [1.807, 2.05) is 55.4 Å². The molecule has 28 nitrogen and oxygen atoms in total. The highest BCUT2D eigenvalue weighted by Gasteiger charge is 2.43. The molecule has 3 saturated heterocycles. The molecule has 4 amide bonds. The van der Waals surface area contributed by atoms with Crippen LogP contribution in [-0.4, -0.2) is 241 Å². The van der Waals surface area contributed by atoms with Crippen LogP contribution in [0.5, 0.6) is 0 Å². The number of rotatable bonds is 20. The lowest BCUT2D eigenvalue weighted by molar-refractivity contribution is -0.176. The van der Waals surface area contributed by atoms with Crippen molar-refractivity contribution in [1.82, 2.24) is 47.8 Å². The maximum atomic E-state index is 15.2. The molecule has 3 aliphatic heterocycles. The molecule has 3 aliphatic rings. The third kappa shape index (κ3) is 20.3. The molecule has 0 spiro atoms. The Morgan fingerprint density at radius 1 is 0.408 bits per heavy atom. The fourth-order valence-electron chi connectivity index (χ4n) is 11.8. The maximum absolute atomic E-state index is 15.2. The molecule has 0 saturated carbocycles. The van der Waals surface area contributed by atoms with Gasteiger partial charge in [0.15, 0.2) is 24.4 Å². The first-order valence-electron chi connectivity index (χ1n) is 33.4. The van der Waals surface area contributed by atoms with Gasteiger partial charge in [-0.3, -0.25) is 28.5 Å². The Hall–Kier alpha value is -7.64. The van der Waals surface area contributed by atoms with E-state index >= 15 is 9.59 Å². The Kier molecular flexibility index (Phi) is 27.3. The standard InChI is InChI=1S/C68H98N10O18S2/c1-43(2)31-55-65(83)93-47(9)61(79)71(11)58(34-46(7)8)68(86)96-60(36-50-17-21-52(22-18-50)40-76-42-54(38-70-76)98(89,90)78-25-29-92-30-26-78)64(82)74(14)56(32-44(3)4)66(84)94-48(10)62(80)72(12)57(33-45(5)6)67(85)95-59(63(81)73(55)13)35-49-15-19-51(20-16-49)39-75-41-53(37-69-75)97(87,88)77-23-27-91-28-24-77/h15-22,37-38,41-48,55-60H,23-36,39-40H2,1-14H3/t47-,48-,55+,56+,57+,58+,59-,60-/m1/s1. The van der Waals surface area contributed by atoms with Crippen molar-refractivity contribution in [3.05, 3.63) is 95.6 Å². The van der Waals surface area contributed by atoms with Crippen LogP contribution in [0.1, 0.15) is 117 Å². The smallest absolute Gasteiger partial charge is 0.329 e. The van der Waals surface area contributed by atoms with Crippen molar-refractivity contribution < 1.29 is 83.6 Å². The zero-order chi connectivity index (χ0) is 72.1. The van der Waals surface area contributed by atoms with Crippen LogP contribution in [-0.2, 0) is 113 Å². The summed E-state index contributed by atoms with van der Waals surface area (Å²) in [5.74, 6) is -8.26. The number of hydrogen-bond acceptors (Lipinski definition) is 20. The quantitative estimate of drug-likeness (QED) is 0.0884. The van der Waals surface area contributed by atoms with Gasteiger partial charge in [0, 0.05) is 79.6 Å². The molecule has 0 unspecified atom stereocenters. The molecule has 540 valence electrons. The van der Waals surface area contributed by atoms with Crippen LogP contribution in [0.2, 0.25) is 0 Å². The van der Waals surface area contributed by atoms with Crippen molar-refractivity contribution in [1.29, 1.82) is 0 Å². The number of benzene rings is 2. The Bertz CT molecular complexity index is 3390. The highest BCUT2D eigenvalue weighted by Crippen LogP contribution is 2.26. The van der Waals surface area contributed by atoms with E-state index in [-0.39, 0.29) is 138 Å². The minimum absolute atomic E-state index is 0.0140. The van der Waals surface area contributed by atoms with E-state index in [1.54, 1.807) is 48.5 Å². The van der Waals surface area contributed by atoms with E-state index in [4.69, 9.17) is 28.4 Å². The topological polar surface area (TPSA) is 315 Å². The van der Waals surface area contributed by atoms with Gasteiger partial charge in [-0.1, -0.05) is 104 Å². The first kappa shape index (κ1) is 77.7. The van der Waals surface area contributed by atoms with Crippen LogP contribution >= 0.6 is 0 Å². The van der Waals surface area contributed by atoms with Gasteiger partial charge in [-0.25, -0.2) is 36.0 Å². The van der Waals surface area contributed by atoms with Crippen molar-refractivity contribution in [2.45, 2.75) is 179 Å². The van der Waals surface area contributed by atoms with Gasteiger partial charge in [-0.2, -0.15) is 18.8 Å². The average molecular weight is 1410 g/mol. The van der Waals surface area contributed by atoms with E-state index < -0.39 is 116 Å². The van der Waals surface area contributed by atoms with Crippen LogP contribution in [0.25, 0.3) is 0 Å². The predicted octanol–water partition coefficient (Wildman–Crippen LogP) is 4.20. The largest absolute Gasteiger partial charge is 0.451 e. The molecule has 7 rings (SSSR count). The number of likely N-dealkylation sites (N-methyl/N-ethyl adjacent to an activating group) is 4. The Morgan fingerprint density at radius 2 is 0.673 bits per heavy atom. The van der Waals surface area contributed by atoms with Crippen molar-refractivity contribution in [3.8, 4) is 0 Å². The molecular formula is C68H98N10O18S2. The van der Waals surface area contributed by atoms with Crippen LogP contribution in [0, 0.1) is 23.7 Å². The lowest BCUT2D eigenvalue weighted by Gasteiger charge is -2.35. The minimum Gasteiger partial charge on any atom is -0.451 e. The molecule has 4 aromatic rings. The summed E-state index contributed by atoms with van der Waals surface area (Å²) in [4.78, 5) is 123. The van der Waals surface area contributed by atoms with Gasteiger partial charge >= 0.3 is 23.9 Å². The van der Waals surface area contributed by atoms with Crippen molar-refractivity contribution in [2.24, 2.45) is 23.7 Å². The summed E-state index contributed by atoms with van der Waals surface area (Å²) in [7, 11) is -2.25. The van der Waals surface area contributed by atoms with E-state index in [0.717, 1.165) is 19.6 Å². The van der Waals surface area contributed by atoms with Gasteiger partial charge in [-0.05, 0) is 85.5 Å². The monoisotopic (exact) mass is 1410 g/mol. The number of esters is 4. The molecule has 98 heavy (non-hydrogen) atoms. The van der Waals surface area contributed by atoms with Gasteiger partial charge in [0.25, 0.3) is 23.6 Å². The number of morpholine rings is 2. The number of aromatic nitrogens is 4. The minimum atomic E-state index is -3.82. The van der Waals surface area contributed by atoms with E-state index in [9.17, 15) is 45.6 Å². The maximum Gasteiger partial charge on any atom is 0.329 e. The van der Waals surface area contributed by atoms with Crippen LogP contribution < -0.4 is 0 Å². The Morgan fingerprint density at radius 3 is 0.959 bits per heavy atom. The third-order valence-corrected chi connectivity index (χ3v) is 21.2. The van der Waals surface area contributed by atoms with Gasteiger partial charge in [0.1, 0.15) is 34.0 Å². The third-order valence-electron chi connectivity index (χ3n) is 17.5. The lowest BCUT2D eigenvalue weighted by atomic mass is 9.99. The molecule has 2 aromatic heterocycles. The predicted molar refractivity (Wildman–Crippen MR) is 357 cm³/mol. The van der Waals surface area contributed by atoms with Gasteiger partial charge in [0.2, 0.25) is 20.0 Å². The zero-order valence-corrected chi connectivity index (χ0v) is 60.4. The highest BCUT2D eigenvalue weighted by molar-refractivity contribution is 7.89. The summed E-state index contributed by atoms with van der Waals surface area (Å²) in [6.45, 7) is 19.5. The van der Waals surface area contributed by atoms with E-state index in [2.05, 4.69) is 10.2 Å². The molecule has 0 N–H and O–H groups in total. The molecular weight excluding hydrogens is 1310 g/mol. The number of nitrogens with zero attached hydrogens (tertiary/aromatic N) is 10. The van der Waals surface area contributed by atoms with Gasteiger partial charge in [-0.15, -0.1) is 0 Å². The SMILES string of the molecule is CC(C)C[C@H]1C(=O)O[C@H](Cc2ccc(Cn3cc(S(=O)(=O)N4CCOCC4)cn3)cc2)C(=O)N(C)[C@@H](CC(C)C)C(=O)O[C@H](C)C(=O)N(C)[C@@H](CC(C)C)C(=O)O[C@H](Cc2ccc(Cn3cc(S(=O)(=O)N4CCOCC4)cn3)cc2)C(=O)N(C)[C@@H](CC(C)C)C(=O)O[C@H](C)C(=O)N1C. The first-order chi connectivity index (χ1) is 46.2. The van der Waals surface area contributed by atoms with E-state index in [1.165, 1.54) is 84.8 Å². The Balaban J connectivity index is 1.21. The number of carbonyl (C=O) groups excluding carboxylic acids is 8. The number of hydrogen-bond donors (Lipinski definition) is 0. The first-order valence-corrected chi connectivity index (χ1v) is 36.3. The molecule has 2 aromatic carbocycles. The Labute approximate surface area is 575 Å². The molecule has 30 heteroatoms. The normalized spacial score (nSPS) is 23.8. The van der Waals surface area contributed by atoms with E-state index in [0.29, 0.717) is 22.3 Å². The summed E-state index contributed by atoms with van der Waals surface area (Å²) in [6, 6.07) is 8.29. The second-order valence-electron chi connectivity index (χ2n) is 27.2. The summed E-state index contributed by atoms with van der Waals surface area (Å²) < 4.78 is 94.1. The summed E-state index contributed by atoms with van der Waals surface area (Å²) in [5, 5.41) is 8.60. The number of cyclic esters (lactones) is 4. The van der Waals surface area contributed by atoms with Crippen molar-refractivity contribution >= 4 is 67.6 Å². The number of sulfonamides is 2. The number of ether oxygens (including phenoxy) is 6. The van der Waals surface area contributed by atoms with Crippen LogP contribution in [0.15, 0.2) is 83.1 Å². The molecule has 3 fully saturated rings. The number of carbonyl (C=O) groups is 8. The average Bonchev–Trinajstić information content (AvgIpc) is 1.59. The fraction of sp³-hybridized carbons (Fsp3) is 0.618. The van der Waals surface area contributed by atoms with Gasteiger partial charge in [0.05, 0.1) is 51.9 Å². The second kappa shape index (κ2) is 34.4. The summed E-state index contributed by atoms with van der Waals surface area (Å²) >= 11 is 0. The lowest BCUT2D eigenvalue weighted by Crippen LogP contribution is -2.55. The highest BCUT2D eigenvalue weighted by atomic mass is 32.2. The molecule has 0 radical (unpaired) electrons. The fourth-order valence-corrected chi connectivity index (χ4v) is 14.6. The molecule has 8 atom stereocenters. The van der Waals surface area contributed by atoms with Crippen molar-refractivity contribution in [3.63, 3.8) is 0 Å². The molecule has 0 aliphatic carbocycles. The molecule has 0 bridgehead atoms.